The van der Waals surface area contributed by atoms with E-state index in [1.54, 1.807) is 0 Å². The van der Waals surface area contributed by atoms with E-state index < -0.39 is 0 Å². The van der Waals surface area contributed by atoms with Gasteiger partial charge in [0.05, 0.1) is 0 Å². The molecule has 0 amide bonds. The second-order valence-electron chi connectivity index (χ2n) is 6.90. The highest BCUT2D eigenvalue weighted by Gasteiger charge is 2.33. The van der Waals surface area contributed by atoms with Crippen LogP contribution in [-0.4, -0.2) is 6.26 Å². The molecule has 0 heterocycles. The summed E-state index contributed by atoms with van der Waals surface area (Å²) < 4.78 is 0. The molecule has 0 aliphatic heterocycles. The van der Waals surface area contributed by atoms with E-state index in [0.717, 1.165) is 12.8 Å². The molecule has 0 nitrogen and oxygen atoms in total. The summed E-state index contributed by atoms with van der Waals surface area (Å²) in [5.74, 6) is 0.600. The Bertz CT molecular complexity index is 713. The Balaban J connectivity index is 2.19. The smallest absolute Gasteiger partial charge is 0.0182 e. The zero-order valence-corrected chi connectivity index (χ0v) is 15.4. The van der Waals surface area contributed by atoms with Crippen molar-refractivity contribution in [3.05, 3.63) is 70.9 Å². The van der Waals surface area contributed by atoms with Gasteiger partial charge in [0.25, 0.3) is 0 Å². The standard InChI is InChI=1S/C22H26S/c1-5-6-9-16-10-7-12-19-18(16)15-14-17-11-8-13-20(21(17)23-4)22(19,2)3/h5-8,11-16H,9-10H2,1-4H3/b6-5?,15-14-. The Hall–Kier alpha value is -1.47. The molecule has 3 rings (SSSR count). The van der Waals surface area contributed by atoms with Crippen molar-refractivity contribution in [3.63, 3.8) is 0 Å². The minimum absolute atomic E-state index is 0.0412. The maximum atomic E-state index is 2.38. The number of benzene rings is 1. The highest BCUT2D eigenvalue weighted by molar-refractivity contribution is 7.98. The Labute approximate surface area is 145 Å². The predicted octanol–water partition coefficient (Wildman–Crippen LogP) is 6.55. The monoisotopic (exact) mass is 322 g/mol. The number of rotatable bonds is 3. The fourth-order valence-electron chi connectivity index (χ4n) is 3.84. The van der Waals surface area contributed by atoms with Gasteiger partial charge < -0.3 is 0 Å². The van der Waals surface area contributed by atoms with Gasteiger partial charge in [-0.1, -0.05) is 68.5 Å². The molecule has 1 heteroatoms. The van der Waals surface area contributed by atoms with Crippen molar-refractivity contribution in [2.24, 2.45) is 5.92 Å². The molecular formula is C22H26S. The topological polar surface area (TPSA) is 0 Å². The summed E-state index contributed by atoms with van der Waals surface area (Å²) in [5.41, 5.74) is 5.86. The van der Waals surface area contributed by atoms with Crippen molar-refractivity contribution in [1.29, 1.82) is 0 Å². The number of allylic oxidation sites excluding steroid dienone is 7. The quantitative estimate of drug-likeness (QED) is 0.449. The minimum atomic E-state index is 0.0412. The number of fused-ring (bicyclic) bond motifs is 2. The number of hydrogen-bond donors (Lipinski definition) is 0. The molecule has 1 aromatic rings. The van der Waals surface area contributed by atoms with Gasteiger partial charge in [0, 0.05) is 10.3 Å². The van der Waals surface area contributed by atoms with Gasteiger partial charge in [0.1, 0.15) is 0 Å². The third-order valence-electron chi connectivity index (χ3n) is 5.15. The van der Waals surface area contributed by atoms with E-state index in [9.17, 15) is 0 Å². The van der Waals surface area contributed by atoms with Crippen LogP contribution in [0.15, 0.2) is 64.6 Å². The molecule has 1 unspecified atom stereocenters. The van der Waals surface area contributed by atoms with Gasteiger partial charge in [-0.25, -0.2) is 0 Å². The maximum absolute atomic E-state index is 2.38. The highest BCUT2D eigenvalue weighted by atomic mass is 32.2. The van der Waals surface area contributed by atoms with Crippen LogP contribution in [0.25, 0.3) is 6.08 Å². The summed E-state index contributed by atoms with van der Waals surface area (Å²) in [6.07, 6.45) is 18.4. The molecule has 0 saturated heterocycles. The molecule has 120 valence electrons. The summed E-state index contributed by atoms with van der Waals surface area (Å²) >= 11 is 1.87. The van der Waals surface area contributed by atoms with E-state index in [1.807, 2.05) is 11.8 Å². The van der Waals surface area contributed by atoms with Crippen LogP contribution < -0.4 is 0 Å². The Morgan fingerprint density at radius 2 is 2.04 bits per heavy atom. The Kier molecular flexibility index (Phi) is 4.68. The van der Waals surface area contributed by atoms with Gasteiger partial charge in [-0.3, -0.25) is 0 Å². The fourth-order valence-corrected chi connectivity index (χ4v) is 4.76. The van der Waals surface area contributed by atoms with Crippen molar-refractivity contribution >= 4 is 17.8 Å². The molecule has 0 fully saturated rings. The summed E-state index contributed by atoms with van der Waals surface area (Å²) in [4.78, 5) is 1.42. The van der Waals surface area contributed by atoms with E-state index >= 15 is 0 Å². The van der Waals surface area contributed by atoms with Gasteiger partial charge in [-0.15, -0.1) is 11.8 Å². The Morgan fingerprint density at radius 1 is 1.22 bits per heavy atom. The van der Waals surface area contributed by atoms with Crippen molar-refractivity contribution in [3.8, 4) is 0 Å². The van der Waals surface area contributed by atoms with Gasteiger partial charge in [-0.2, -0.15) is 0 Å². The van der Waals surface area contributed by atoms with Crippen LogP contribution in [0.5, 0.6) is 0 Å². The minimum Gasteiger partial charge on any atom is -0.129 e. The first-order valence-electron chi connectivity index (χ1n) is 8.47. The van der Waals surface area contributed by atoms with Gasteiger partial charge in [-0.05, 0) is 54.2 Å². The zero-order chi connectivity index (χ0) is 16.4. The molecule has 2 aliphatic carbocycles. The fraction of sp³-hybridized carbons (Fsp3) is 0.364. The van der Waals surface area contributed by atoms with Crippen molar-refractivity contribution in [1.82, 2.24) is 0 Å². The van der Waals surface area contributed by atoms with E-state index in [-0.39, 0.29) is 5.41 Å². The average molecular weight is 323 g/mol. The number of thioether (sulfide) groups is 1. The third kappa shape index (κ3) is 2.87. The molecule has 1 atom stereocenters. The second-order valence-corrected chi connectivity index (χ2v) is 7.71. The lowest BCUT2D eigenvalue weighted by atomic mass is 9.69. The van der Waals surface area contributed by atoms with Crippen LogP contribution in [-0.2, 0) is 5.41 Å². The van der Waals surface area contributed by atoms with E-state index in [1.165, 1.54) is 27.2 Å². The predicted molar refractivity (Wildman–Crippen MR) is 104 cm³/mol. The molecule has 2 aliphatic rings. The van der Waals surface area contributed by atoms with Gasteiger partial charge in [0.15, 0.2) is 0 Å². The number of hydrogen-bond acceptors (Lipinski definition) is 1. The van der Waals surface area contributed by atoms with Gasteiger partial charge in [0.2, 0.25) is 0 Å². The van der Waals surface area contributed by atoms with Crippen LogP contribution in [0.3, 0.4) is 0 Å². The van der Waals surface area contributed by atoms with E-state index in [0.29, 0.717) is 5.92 Å². The van der Waals surface area contributed by atoms with Crippen LogP contribution in [0, 0.1) is 5.92 Å². The second kappa shape index (κ2) is 6.57. The molecule has 1 aromatic carbocycles. The molecule has 2 bridgehead atoms. The zero-order valence-electron chi connectivity index (χ0n) is 14.6. The van der Waals surface area contributed by atoms with Crippen molar-refractivity contribution in [2.45, 2.75) is 43.9 Å². The Morgan fingerprint density at radius 3 is 2.78 bits per heavy atom. The summed E-state index contributed by atoms with van der Waals surface area (Å²) in [6.45, 7) is 6.87. The van der Waals surface area contributed by atoms with Crippen LogP contribution in [0.4, 0.5) is 0 Å². The summed E-state index contributed by atoms with van der Waals surface area (Å²) in [7, 11) is 0. The first-order chi connectivity index (χ1) is 11.1. The lowest BCUT2D eigenvalue weighted by molar-refractivity contribution is 0.567. The maximum Gasteiger partial charge on any atom is 0.0182 e. The van der Waals surface area contributed by atoms with Crippen LogP contribution >= 0.6 is 11.8 Å². The molecule has 0 spiro atoms. The molecule has 23 heavy (non-hydrogen) atoms. The third-order valence-corrected chi connectivity index (χ3v) is 6.01. The first kappa shape index (κ1) is 16.4. The summed E-state index contributed by atoms with van der Waals surface area (Å²) in [6, 6.07) is 6.75. The SMILES string of the molecule is CC=CCC1CC=CC2=C1/C=C\c1cccc(c1SC)C2(C)C. The molecule has 0 aromatic heterocycles. The van der Waals surface area contributed by atoms with Crippen LogP contribution in [0.1, 0.15) is 44.7 Å². The molecule has 0 N–H and O–H groups in total. The molecule has 0 saturated carbocycles. The van der Waals surface area contributed by atoms with Crippen LogP contribution in [0.2, 0.25) is 0 Å². The molecular weight excluding hydrogens is 296 g/mol. The summed E-state index contributed by atoms with van der Waals surface area (Å²) in [5, 5.41) is 0. The van der Waals surface area contributed by atoms with Crippen molar-refractivity contribution in [2.75, 3.05) is 6.26 Å². The lowest BCUT2D eigenvalue weighted by Gasteiger charge is -2.36. The normalized spacial score (nSPS) is 23.6. The largest absolute Gasteiger partial charge is 0.129 e. The van der Waals surface area contributed by atoms with Gasteiger partial charge >= 0.3 is 0 Å². The lowest BCUT2D eigenvalue weighted by Crippen LogP contribution is -2.26. The average Bonchev–Trinajstić information content (AvgIpc) is 2.57. The van der Waals surface area contributed by atoms with E-state index in [4.69, 9.17) is 0 Å². The van der Waals surface area contributed by atoms with E-state index in [2.05, 4.69) is 81.7 Å². The molecule has 0 radical (unpaired) electrons. The van der Waals surface area contributed by atoms with Crippen molar-refractivity contribution < 1.29 is 0 Å². The highest BCUT2D eigenvalue weighted by Crippen LogP contribution is 2.46. The first-order valence-corrected chi connectivity index (χ1v) is 9.70.